The Balaban J connectivity index is 2.27. The minimum Gasteiger partial charge on any atom is -0.364 e. The number of hydrogen-bond acceptors (Lipinski definition) is 3. The molecule has 1 heterocycles. The van der Waals surface area contributed by atoms with Crippen molar-refractivity contribution in [2.75, 3.05) is 6.61 Å². The van der Waals surface area contributed by atoms with Crippen LogP contribution in [0.25, 0.3) is 0 Å². The first-order chi connectivity index (χ1) is 4.83. The van der Waals surface area contributed by atoms with Gasteiger partial charge in [-0.2, -0.15) is 0 Å². The standard InChI is InChI=1S/C7H13NO2/c1-3-9-7-5-4-6(2)8-10-7/h7H,3-5H2,1-2H3. The molecule has 1 atom stereocenters. The lowest BCUT2D eigenvalue weighted by molar-refractivity contribution is -0.147. The third kappa shape index (κ3) is 1.99. The first-order valence-corrected chi connectivity index (χ1v) is 3.64. The summed E-state index contributed by atoms with van der Waals surface area (Å²) in [5, 5.41) is 3.82. The summed E-state index contributed by atoms with van der Waals surface area (Å²) in [4.78, 5) is 5.00. The summed E-state index contributed by atoms with van der Waals surface area (Å²) in [6.07, 6.45) is 1.82. The Kier molecular flexibility index (Phi) is 2.68. The maximum absolute atomic E-state index is 5.20. The molecule has 1 unspecified atom stereocenters. The van der Waals surface area contributed by atoms with Crippen LogP contribution in [0.2, 0.25) is 0 Å². The van der Waals surface area contributed by atoms with E-state index in [4.69, 9.17) is 9.57 Å². The van der Waals surface area contributed by atoms with Crippen molar-refractivity contribution >= 4 is 5.71 Å². The Bertz CT molecular complexity index is 134. The van der Waals surface area contributed by atoms with Crippen LogP contribution in [0.15, 0.2) is 5.16 Å². The first kappa shape index (κ1) is 7.54. The SMILES string of the molecule is CCOC1CCC(C)=NO1. The van der Waals surface area contributed by atoms with Crippen molar-refractivity contribution in [1.82, 2.24) is 0 Å². The monoisotopic (exact) mass is 143 g/mol. The van der Waals surface area contributed by atoms with Crippen molar-refractivity contribution in [2.45, 2.75) is 33.0 Å². The molecule has 0 aliphatic carbocycles. The number of hydrogen-bond donors (Lipinski definition) is 0. The van der Waals surface area contributed by atoms with E-state index in [1.807, 2.05) is 13.8 Å². The molecule has 3 nitrogen and oxygen atoms in total. The van der Waals surface area contributed by atoms with Gasteiger partial charge in [-0.05, 0) is 20.3 Å². The van der Waals surface area contributed by atoms with Crippen LogP contribution < -0.4 is 0 Å². The Morgan fingerprint density at radius 3 is 3.10 bits per heavy atom. The molecule has 1 rings (SSSR count). The van der Waals surface area contributed by atoms with Crippen LogP contribution in [-0.4, -0.2) is 18.6 Å². The van der Waals surface area contributed by atoms with Gasteiger partial charge in [-0.15, -0.1) is 0 Å². The summed E-state index contributed by atoms with van der Waals surface area (Å²) in [7, 11) is 0. The van der Waals surface area contributed by atoms with Gasteiger partial charge in [-0.1, -0.05) is 5.16 Å². The van der Waals surface area contributed by atoms with Crippen molar-refractivity contribution in [2.24, 2.45) is 5.16 Å². The molecule has 1 aliphatic heterocycles. The van der Waals surface area contributed by atoms with E-state index in [9.17, 15) is 0 Å². The van der Waals surface area contributed by atoms with Crippen molar-refractivity contribution in [1.29, 1.82) is 0 Å². The lowest BCUT2D eigenvalue weighted by atomic mass is 10.2. The molecule has 0 saturated heterocycles. The Morgan fingerprint density at radius 1 is 1.80 bits per heavy atom. The zero-order valence-electron chi connectivity index (χ0n) is 6.46. The van der Waals surface area contributed by atoms with Crippen molar-refractivity contribution in [3.05, 3.63) is 0 Å². The Labute approximate surface area is 61.0 Å². The van der Waals surface area contributed by atoms with Crippen molar-refractivity contribution in [3.63, 3.8) is 0 Å². The number of oxime groups is 1. The van der Waals surface area contributed by atoms with Gasteiger partial charge in [0.25, 0.3) is 0 Å². The summed E-state index contributed by atoms with van der Waals surface area (Å²) < 4.78 is 5.20. The molecular weight excluding hydrogens is 130 g/mol. The molecule has 0 spiro atoms. The zero-order chi connectivity index (χ0) is 7.40. The number of ether oxygens (including phenoxy) is 1. The smallest absolute Gasteiger partial charge is 0.227 e. The van der Waals surface area contributed by atoms with E-state index in [1.54, 1.807) is 0 Å². The van der Waals surface area contributed by atoms with Gasteiger partial charge in [-0.3, -0.25) is 0 Å². The second kappa shape index (κ2) is 3.56. The van der Waals surface area contributed by atoms with E-state index < -0.39 is 0 Å². The summed E-state index contributed by atoms with van der Waals surface area (Å²) in [6, 6.07) is 0. The molecule has 0 radical (unpaired) electrons. The molecule has 10 heavy (non-hydrogen) atoms. The molecule has 1 aliphatic rings. The van der Waals surface area contributed by atoms with Crippen LogP contribution in [-0.2, 0) is 9.57 Å². The quantitative estimate of drug-likeness (QED) is 0.587. The predicted octanol–water partition coefficient (Wildman–Crippen LogP) is 1.54. The maximum atomic E-state index is 5.20. The summed E-state index contributed by atoms with van der Waals surface area (Å²) in [5.41, 5.74) is 1.05. The van der Waals surface area contributed by atoms with Crippen molar-refractivity contribution in [3.8, 4) is 0 Å². The maximum Gasteiger partial charge on any atom is 0.227 e. The highest BCUT2D eigenvalue weighted by molar-refractivity contribution is 5.81. The van der Waals surface area contributed by atoms with Gasteiger partial charge in [0.05, 0.1) is 5.71 Å². The van der Waals surface area contributed by atoms with E-state index in [-0.39, 0.29) is 6.29 Å². The average Bonchev–Trinajstić information content (AvgIpc) is 1.95. The van der Waals surface area contributed by atoms with Gasteiger partial charge in [0.1, 0.15) is 0 Å². The fourth-order valence-corrected chi connectivity index (χ4v) is 0.873. The Morgan fingerprint density at radius 2 is 2.60 bits per heavy atom. The Hall–Kier alpha value is -0.570. The molecule has 0 N–H and O–H groups in total. The van der Waals surface area contributed by atoms with Gasteiger partial charge in [0.15, 0.2) is 0 Å². The molecule has 58 valence electrons. The minimum absolute atomic E-state index is 0.103. The highest BCUT2D eigenvalue weighted by Gasteiger charge is 2.13. The summed E-state index contributed by atoms with van der Waals surface area (Å²) >= 11 is 0. The van der Waals surface area contributed by atoms with E-state index in [1.165, 1.54) is 0 Å². The molecule has 0 bridgehead atoms. The van der Waals surface area contributed by atoms with Crippen LogP contribution >= 0.6 is 0 Å². The predicted molar refractivity (Wildman–Crippen MR) is 38.8 cm³/mol. The lowest BCUT2D eigenvalue weighted by Gasteiger charge is -2.18. The van der Waals surface area contributed by atoms with Crippen LogP contribution in [0, 0.1) is 0 Å². The third-order valence-corrected chi connectivity index (χ3v) is 1.42. The second-order valence-electron chi connectivity index (χ2n) is 2.36. The van der Waals surface area contributed by atoms with E-state index in [0.717, 1.165) is 18.6 Å². The molecule has 0 aromatic rings. The van der Waals surface area contributed by atoms with Gasteiger partial charge in [0.2, 0.25) is 6.29 Å². The van der Waals surface area contributed by atoms with Gasteiger partial charge >= 0.3 is 0 Å². The van der Waals surface area contributed by atoms with Crippen LogP contribution in [0.1, 0.15) is 26.7 Å². The second-order valence-corrected chi connectivity index (χ2v) is 2.36. The fourth-order valence-electron chi connectivity index (χ4n) is 0.873. The molecule has 0 aromatic carbocycles. The highest BCUT2D eigenvalue weighted by Crippen LogP contribution is 2.11. The van der Waals surface area contributed by atoms with Crippen molar-refractivity contribution < 1.29 is 9.57 Å². The zero-order valence-corrected chi connectivity index (χ0v) is 6.46. The molecule has 0 fully saturated rings. The molecular formula is C7H13NO2. The average molecular weight is 143 g/mol. The number of nitrogens with zero attached hydrogens (tertiary/aromatic N) is 1. The van der Waals surface area contributed by atoms with Crippen LogP contribution in [0.4, 0.5) is 0 Å². The summed E-state index contributed by atoms with van der Waals surface area (Å²) in [6.45, 7) is 4.61. The minimum atomic E-state index is -0.103. The normalized spacial score (nSPS) is 25.4. The topological polar surface area (TPSA) is 30.8 Å². The first-order valence-electron chi connectivity index (χ1n) is 3.64. The van der Waals surface area contributed by atoms with Gasteiger partial charge in [-0.25, -0.2) is 0 Å². The third-order valence-electron chi connectivity index (χ3n) is 1.42. The van der Waals surface area contributed by atoms with Crippen LogP contribution in [0.5, 0.6) is 0 Å². The van der Waals surface area contributed by atoms with Gasteiger partial charge in [0, 0.05) is 13.0 Å². The molecule has 0 aromatic heterocycles. The fraction of sp³-hybridized carbons (Fsp3) is 0.857. The number of rotatable bonds is 2. The lowest BCUT2D eigenvalue weighted by Crippen LogP contribution is -2.20. The van der Waals surface area contributed by atoms with Gasteiger partial charge < -0.3 is 9.57 Å². The van der Waals surface area contributed by atoms with Crippen LogP contribution in [0.3, 0.4) is 0 Å². The largest absolute Gasteiger partial charge is 0.364 e. The molecule has 3 heteroatoms. The highest BCUT2D eigenvalue weighted by atomic mass is 16.8. The van der Waals surface area contributed by atoms with E-state index in [0.29, 0.717) is 6.61 Å². The molecule has 0 amide bonds. The van der Waals surface area contributed by atoms with E-state index in [2.05, 4.69) is 5.16 Å². The summed E-state index contributed by atoms with van der Waals surface area (Å²) in [5.74, 6) is 0. The molecule has 0 saturated carbocycles. The van der Waals surface area contributed by atoms with E-state index >= 15 is 0 Å².